The van der Waals surface area contributed by atoms with Crippen LogP contribution in [0.25, 0.3) is 0 Å². The van der Waals surface area contributed by atoms with E-state index in [1.807, 2.05) is 50.3 Å². The Morgan fingerprint density at radius 3 is 2.29 bits per heavy atom. The van der Waals surface area contributed by atoms with E-state index in [1.54, 1.807) is 0 Å². The normalized spacial score (nSPS) is 18.5. The minimum absolute atomic E-state index is 1.17. The Labute approximate surface area is 111 Å². The third-order valence-electron chi connectivity index (χ3n) is 2.41. The van der Waals surface area contributed by atoms with Crippen molar-refractivity contribution in [3.05, 3.63) is 65.6 Å². The monoisotopic (exact) mass is 266 g/mol. The largest absolute Gasteiger partial charge is 0.111 e. The molecule has 0 heterocycles. The van der Waals surface area contributed by atoms with Crippen molar-refractivity contribution < 1.29 is 0 Å². The van der Waals surface area contributed by atoms with Gasteiger partial charge in [0.2, 0.25) is 0 Å². The van der Waals surface area contributed by atoms with Crippen LogP contribution in [0.15, 0.2) is 70.5 Å². The molecule has 1 unspecified atom stereocenters. The first kappa shape index (κ1) is 14.1. The van der Waals surface area contributed by atoms with Gasteiger partial charge in [-0.15, -0.1) is 9.24 Å². The predicted octanol–water partition coefficient (Wildman–Crippen LogP) is 5.67. The molecule has 1 atom stereocenters. The minimum Gasteiger partial charge on any atom is -0.111 e. The van der Waals surface area contributed by atoms with Gasteiger partial charge in [-0.05, 0) is 38.3 Å². The molecule has 1 rings (SSSR count). The van der Waals surface area contributed by atoms with Crippen molar-refractivity contribution >= 4 is 19.9 Å². The Hall–Kier alpha value is -0.920. The van der Waals surface area contributed by atoms with E-state index in [4.69, 9.17) is 10.7 Å². The Morgan fingerprint density at radius 2 is 1.76 bits per heavy atom. The zero-order valence-electron chi connectivity index (χ0n) is 10.6. The van der Waals surface area contributed by atoms with Crippen LogP contribution in [0.5, 0.6) is 0 Å². The fraction of sp³-hybridized carbons (Fsp3) is 0.200. The van der Waals surface area contributed by atoms with Gasteiger partial charge in [0.25, 0.3) is 0 Å². The molecule has 1 aromatic rings. The van der Waals surface area contributed by atoms with Crippen LogP contribution in [0.3, 0.4) is 0 Å². The van der Waals surface area contributed by atoms with Gasteiger partial charge in [-0.3, -0.25) is 0 Å². The molecule has 0 aliphatic carbocycles. The van der Waals surface area contributed by atoms with Gasteiger partial charge in [0.05, 0.1) is 0 Å². The first-order chi connectivity index (χ1) is 8.12. The lowest BCUT2D eigenvalue weighted by Gasteiger charge is -2.29. The lowest BCUT2D eigenvalue weighted by Crippen LogP contribution is -1.93. The molecule has 17 heavy (non-hydrogen) atoms. The van der Waals surface area contributed by atoms with Crippen molar-refractivity contribution in [3.63, 3.8) is 0 Å². The SMILES string of the molecule is C\C=C/C=C(\C=C/C)S(C)(Cl)c1ccccc1. The highest BCUT2D eigenvalue weighted by Crippen LogP contribution is 2.63. The molecule has 0 aliphatic heterocycles. The first-order valence-electron chi connectivity index (χ1n) is 5.61. The van der Waals surface area contributed by atoms with Crippen LogP contribution in [0.2, 0.25) is 0 Å². The van der Waals surface area contributed by atoms with Crippen molar-refractivity contribution in [1.29, 1.82) is 0 Å². The molecule has 0 fully saturated rings. The number of rotatable bonds is 4. The van der Waals surface area contributed by atoms with E-state index >= 15 is 0 Å². The lowest BCUT2D eigenvalue weighted by atomic mass is 10.4. The Morgan fingerprint density at radius 1 is 1.12 bits per heavy atom. The molecule has 0 N–H and O–H groups in total. The summed E-state index contributed by atoms with van der Waals surface area (Å²) in [6.45, 7) is 4.02. The third-order valence-corrected chi connectivity index (χ3v) is 5.80. The van der Waals surface area contributed by atoms with Gasteiger partial charge in [0, 0.05) is 9.80 Å². The summed E-state index contributed by atoms with van der Waals surface area (Å²) in [6, 6.07) is 10.3. The number of halogens is 1. The Bertz CT molecular complexity index is 427. The molecule has 0 bridgehead atoms. The fourth-order valence-corrected chi connectivity index (χ4v) is 3.76. The molecule has 0 aromatic heterocycles. The van der Waals surface area contributed by atoms with Gasteiger partial charge in [-0.2, -0.15) is 0 Å². The number of hydrogen-bond acceptors (Lipinski definition) is 0. The summed E-state index contributed by atoms with van der Waals surface area (Å²) in [5.74, 6) is 0. The average Bonchev–Trinajstić information content (AvgIpc) is 2.35. The molecular weight excluding hydrogens is 248 g/mol. The van der Waals surface area contributed by atoms with Crippen LogP contribution >= 0.6 is 19.9 Å². The van der Waals surface area contributed by atoms with Crippen LogP contribution in [-0.4, -0.2) is 6.26 Å². The molecule has 2 heteroatoms. The first-order valence-corrected chi connectivity index (χ1v) is 8.48. The second kappa shape index (κ2) is 6.73. The Kier molecular flexibility index (Phi) is 5.60. The summed E-state index contributed by atoms with van der Waals surface area (Å²) in [5, 5.41) is 0. The summed E-state index contributed by atoms with van der Waals surface area (Å²) >= 11 is 0. The van der Waals surface area contributed by atoms with Crippen LogP contribution in [-0.2, 0) is 0 Å². The summed E-state index contributed by atoms with van der Waals surface area (Å²) in [4.78, 5) is 2.36. The van der Waals surface area contributed by atoms with Crippen molar-refractivity contribution in [2.75, 3.05) is 6.26 Å². The van der Waals surface area contributed by atoms with Gasteiger partial charge in [-0.25, -0.2) is 0 Å². The molecule has 0 saturated heterocycles. The average molecular weight is 267 g/mol. The lowest BCUT2D eigenvalue weighted by molar-refractivity contribution is 1.45. The molecule has 0 saturated carbocycles. The van der Waals surface area contributed by atoms with E-state index in [2.05, 4.69) is 30.5 Å². The molecule has 0 radical (unpaired) electrons. The van der Waals surface area contributed by atoms with Gasteiger partial charge in [0.1, 0.15) is 0 Å². The summed E-state index contributed by atoms with van der Waals surface area (Å²) < 4.78 is 0. The van der Waals surface area contributed by atoms with E-state index in [9.17, 15) is 0 Å². The highest BCUT2D eigenvalue weighted by atomic mass is 35.7. The minimum atomic E-state index is -1.44. The summed E-state index contributed by atoms with van der Waals surface area (Å²) in [7, 11) is 5.33. The molecule has 0 amide bonds. The van der Waals surface area contributed by atoms with Crippen LogP contribution < -0.4 is 0 Å². The van der Waals surface area contributed by atoms with Crippen molar-refractivity contribution in [2.45, 2.75) is 18.7 Å². The number of benzene rings is 1. The Balaban J connectivity index is 3.17. The summed E-state index contributed by atoms with van der Waals surface area (Å²) in [5.41, 5.74) is 0. The van der Waals surface area contributed by atoms with Crippen molar-refractivity contribution in [1.82, 2.24) is 0 Å². The molecule has 0 spiro atoms. The molecular formula is C15H19ClS. The van der Waals surface area contributed by atoms with Gasteiger partial charge in [-0.1, -0.05) is 53.2 Å². The van der Waals surface area contributed by atoms with Gasteiger partial charge in [0.15, 0.2) is 0 Å². The molecule has 92 valence electrons. The van der Waals surface area contributed by atoms with E-state index in [-0.39, 0.29) is 0 Å². The maximum atomic E-state index is 6.77. The zero-order valence-corrected chi connectivity index (χ0v) is 12.1. The molecule has 0 nitrogen and oxygen atoms in total. The van der Waals surface area contributed by atoms with Crippen molar-refractivity contribution in [2.24, 2.45) is 0 Å². The van der Waals surface area contributed by atoms with Crippen LogP contribution in [0.4, 0.5) is 0 Å². The predicted molar refractivity (Wildman–Crippen MR) is 81.8 cm³/mol. The van der Waals surface area contributed by atoms with E-state index in [0.717, 1.165) is 0 Å². The smallest absolute Gasteiger partial charge is 0.00702 e. The van der Waals surface area contributed by atoms with E-state index < -0.39 is 9.24 Å². The van der Waals surface area contributed by atoms with Crippen LogP contribution in [0.1, 0.15) is 13.8 Å². The second-order valence-electron chi connectivity index (χ2n) is 3.73. The zero-order chi connectivity index (χ0) is 12.7. The van der Waals surface area contributed by atoms with E-state index in [0.29, 0.717) is 0 Å². The second-order valence-corrected chi connectivity index (χ2v) is 8.16. The molecule has 0 aliphatic rings. The maximum absolute atomic E-state index is 6.77. The summed E-state index contributed by atoms with van der Waals surface area (Å²) in [6.07, 6.45) is 12.4. The number of allylic oxidation sites excluding steroid dienone is 5. The topological polar surface area (TPSA) is 0 Å². The number of hydrogen-bond donors (Lipinski definition) is 0. The van der Waals surface area contributed by atoms with Gasteiger partial charge < -0.3 is 0 Å². The highest BCUT2D eigenvalue weighted by Gasteiger charge is 2.20. The van der Waals surface area contributed by atoms with Gasteiger partial charge >= 0.3 is 0 Å². The fourth-order valence-electron chi connectivity index (χ4n) is 1.48. The van der Waals surface area contributed by atoms with Crippen LogP contribution in [0, 0.1) is 0 Å². The highest BCUT2D eigenvalue weighted by molar-refractivity contribution is 8.53. The molecule has 1 aromatic carbocycles. The quantitative estimate of drug-likeness (QED) is 0.616. The van der Waals surface area contributed by atoms with E-state index in [1.165, 1.54) is 9.80 Å². The standard InChI is InChI=1S/C15H19ClS/c1-4-6-11-14(10-5-2)17(3,16)15-12-8-7-9-13-15/h4-13H,1-3H3/b6-4-,10-5-,14-11+. The van der Waals surface area contributed by atoms with Crippen molar-refractivity contribution in [3.8, 4) is 0 Å². The maximum Gasteiger partial charge on any atom is 0.00702 e. The third kappa shape index (κ3) is 3.79.